The summed E-state index contributed by atoms with van der Waals surface area (Å²) in [6, 6.07) is 12.7. The predicted octanol–water partition coefficient (Wildman–Crippen LogP) is 1.48. The summed E-state index contributed by atoms with van der Waals surface area (Å²) in [5.41, 5.74) is 0.379. The first-order valence-electron chi connectivity index (χ1n) is 10.8. The largest absolute Gasteiger partial charge is 0.477 e. The van der Waals surface area contributed by atoms with Gasteiger partial charge in [0, 0.05) is 18.1 Å². The molecule has 2 saturated heterocycles. The minimum absolute atomic E-state index is 0.110. The van der Waals surface area contributed by atoms with Crippen LogP contribution in [-0.4, -0.2) is 54.7 Å². The van der Waals surface area contributed by atoms with E-state index in [1.165, 1.54) is 24.3 Å². The fourth-order valence-electron chi connectivity index (χ4n) is 3.80. The highest BCUT2D eigenvalue weighted by Crippen LogP contribution is 2.39. The first-order valence-corrected chi connectivity index (χ1v) is 12.1. The molecule has 1 N–H and O–H groups in total. The number of esters is 1. The van der Waals surface area contributed by atoms with Crippen LogP contribution in [0.2, 0.25) is 0 Å². The summed E-state index contributed by atoms with van der Waals surface area (Å²) >= 11 is 0. The summed E-state index contributed by atoms with van der Waals surface area (Å²) in [6.45, 7) is 3.08. The van der Waals surface area contributed by atoms with Crippen molar-refractivity contribution in [3.05, 3.63) is 70.3 Å². The third-order valence-electron chi connectivity index (χ3n) is 5.69. The van der Waals surface area contributed by atoms with Crippen molar-refractivity contribution in [1.82, 2.24) is 10.2 Å². The van der Waals surface area contributed by atoms with Gasteiger partial charge in [0.25, 0.3) is 11.6 Å². The number of nitro groups is 1. The molecule has 0 aliphatic carbocycles. The number of hydrogen-bond donors (Lipinski definition) is 1. The SMILES string of the molecule is CC(C)C(=O)NC1[C@H](C(=O)OCc2ccc([N+](=O)[O-])cc2)N2C(=O)[C@@H](Oc3ccccc3)[C@H]2[S@]1=O. The van der Waals surface area contributed by atoms with Crippen LogP contribution < -0.4 is 10.1 Å². The van der Waals surface area contributed by atoms with Crippen molar-refractivity contribution in [2.45, 2.75) is 43.3 Å². The Balaban J connectivity index is 1.52. The fourth-order valence-corrected chi connectivity index (χ4v) is 5.70. The van der Waals surface area contributed by atoms with Gasteiger partial charge < -0.3 is 19.7 Å². The number of β-lactam (4-membered cyclic amide) rings is 1. The van der Waals surface area contributed by atoms with Crippen LogP contribution in [0.3, 0.4) is 0 Å². The number of rotatable bonds is 8. The third-order valence-corrected chi connectivity index (χ3v) is 7.52. The molecule has 184 valence electrons. The zero-order valence-electron chi connectivity index (χ0n) is 18.9. The summed E-state index contributed by atoms with van der Waals surface area (Å²) in [4.78, 5) is 49.8. The van der Waals surface area contributed by atoms with Crippen molar-refractivity contribution < 1.29 is 33.0 Å². The maximum absolute atomic E-state index is 13.3. The molecule has 2 aromatic carbocycles. The molecule has 2 heterocycles. The molecule has 2 fully saturated rings. The van der Waals surface area contributed by atoms with E-state index in [1.807, 2.05) is 0 Å². The average Bonchev–Trinajstić information content (AvgIpc) is 3.10. The van der Waals surface area contributed by atoms with Crippen LogP contribution >= 0.6 is 0 Å². The molecule has 0 spiro atoms. The Labute approximate surface area is 203 Å². The fraction of sp³-hybridized carbons (Fsp3) is 0.348. The number of nitrogens with zero attached hydrogens (tertiary/aromatic N) is 2. The van der Waals surface area contributed by atoms with E-state index in [0.717, 1.165) is 4.90 Å². The molecule has 2 aliphatic rings. The zero-order valence-corrected chi connectivity index (χ0v) is 19.7. The minimum atomic E-state index is -1.84. The molecule has 12 heteroatoms. The number of hydrogen-bond acceptors (Lipinski definition) is 8. The zero-order chi connectivity index (χ0) is 25.3. The minimum Gasteiger partial charge on any atom is -0.477 e. The summed E-state index contributed by atoms with van der Waals surface area (Å²) in [5.74, 6) is -1.84. The topological polar surface area (TPSA) is 145 Å². The van der Waals surface area contributed by atoms with Crippen molar-refractivity contribution in [2.24, 2.45) is 5.92 Å². The van der Waals surface area contributed by atoms with Gasteiger partial charge in [0.1, 0.15) is 17.7 Å². The van der Waals surface area contributed by atoms with Crippen molar-refractivity contribution in [3.63, 3.8) is 0 Å². The quantitative estimate of drug-likeness (QED) is 0.248. The van der Waals surface area contributed by atoms with E-state index in [-0.39, 0.29) is 12.3 Å². The molecule has 2 amide bonds. The first-order chi connectivity index (χ1) is 16.7. The first kappa shape index (κ1) is 24.3. The summed E-state index contributed by atoms with van der Waals surface area (Å²) in [5, 5.41) is 11.3. The van der Waals surface area contributed by atoms with E-state index in [9.17, 15) is 28.7 Å². The lowest BCUT2D eigenvalue weighted by molar-refractivity contribution is -0.384. The maximum Gasteiger partial charge on any atom is 0.332 e. The number of nitrogens with one attached hydrogen (secondary N) is 1. The van der Waals surface area contributed by atoms with Crippen molar-refractivity contribution in [3.8, 4) is 5.75 Å². The standard InChI is InChI=1S/C23H23N3O8S/c1-13(2)19(27)24-20-17(23(29)33-12-14-8-10-15(11-9-14)26(30)31)25-21(28)18(22(25)35(20)32)34-16-6-4-3-5-7-16/h3-11,13,17-18,20,22H,12H2,1-2H3,(H,24,27)/t17-,18-,20?,22-,35+/m1/s1. The average molecular weight is 502 g/mol. The van der Waals surface area contributed by atoms with Crippen LogP contribution in [0.15, 0.2) is 54.6 Å². The molecule has 5 atom stereocenters. The molecular weight excluding hydrogens is 478 g/mol. The normalized spacial score (nSPS) is 24.9. The molecule has 2 aromatic rings. The van der Waals surface area contributed by atoms with Crippen LogP contribution in [0.25, 0.3) is 0 Å². The van der Waals surface area contributed by atoms with Crippen LogP contribution in [0.5, 0.6) is 5.75 Å². The van der Waals surface area contributed by atoms with Crippen LogP contribution in [-0.2, 0) is 36.5 Å². The molecule has 2 aliphatic heterocycles. The van der Waals surface area contributed by atoms with E-state index in [1.54, 1.807) is 44.2 Å². The number of amides is 2. The van der Waals surface area contributed by atoms with E-state index >= 15 is 0 Å². The van der Waals surface area contributed by atoms with Gasteiger partial charge in [-0.25, -0.2) is 4.79 Å². The van der Waals surface area contributed by atoms with E-state index in [4.69, 9.17) is 9.47 Å². The lowest BCUT2D eigenvalue weighted by Gasteiger charge is -2.42. The number of para-hydroxylation sites is 1. The summed E-state index contributed by atoms with van der Waals surface area (Å²) in [7, 11) is -1.84. The lowest BCUT2D eigenvalue weighted by Crippen LogP contribution is -2.68. The van der Waals surface area contributed by atoms with Crippen molar-refractivity contribution in [2.75, 3.05) is 0 Å². The second-order valence-electron chi connectivity index (χ2n) is 8.38. The van der Waals surface area contributed by atoms with Gasteiger partial charge in [0.05, 0.1) is 15.7 Å². The van der Waals surface area contributed by atoms with E-state index < -0.39 is 62.3 Å². The van der Waals surface area contributed by atoms with Crippen LogP contribution in [0.4, 0.5) is 5.69 Å². The number of carbonyl (C=O) groups is 3. The lowest BCUT2D eigenvalue weighted by atomic mass is 10.1. The number of fused-ring (bicyclic) bond motifs is 1. The van der Waals surface area contributed by atoms with Crippen molar-refractivity contribution >= 4 is 34.3 Å². The van der Waals surface area contributed by atoms with Gasteiger partial charge >= 0.3 is 5.97 Å². The Morgan fingerprint density at radius 1 is 1.14 bits per heavy atom. The Morgan fingerprint density at radius 2 is 1.80 bits per heavy atom. The van der Waals surface area contributed by atoms with Gasteiger partial charge in [-0.15, -0.1) is 0 Å². The Kier molecular flexibility index (Phi) is 6.83. The Hall–Kier alpha value is -3.80. The molecule has 4 rings (SSSR count). The van der Waals surface area contributed by atoms with Gasteiger partial charge in [-0.2, -0.15) is 0 Å². The van der Waals surface area contributed by atoms with E-state index in [0.29, 0.717) is 11.3 Å². The molecule has 0 bridgehead atoms. The molecule has 0 aromatic heterocycles. The number of non-ortho nitro benzene ring substituents is 1. The van der Waals surface area contributed by atoms with Crippen molar-refractivity contribution in [1.29, 1.82) is 0 Å². The number of nitro benzene ring substituents is 1. The van der Waals surface area contributed by atoms with E-state index in [2.05, 4.69) is 5.32 Å². The second kappa shape index (κ2) is 9.82. The predicted molar refractivity (Wildman–Crippen MR) is 123 cm³/mol. The third kappa shape index (κ3) is 4.74. The maximum atomic E-state index is 13.3. The van der Waals surface area contributed by atoms with Gasteiger partial charge in [0.15, 0.2) is 11.4 Å². The van der Waals surface area contributed by atoms with Gasteiger partial charge in [0.2, 0.25) is 12.0 Å². The number of benzene rings is 2. The van der Waals surface area contributed by atoms with Crippen LogP contribution in [0, 0.1) is 16.0 Å². The second-order valence-corrected chi connectivity index (χ2v) is 10.0. The monoisotopic (exact) mass is 501 g/mol. The highest BCUT2D eigenvalue weighted by molar-refractivity contribution is 7.86. The Bertz CT molecular complexity index is 1170. The van der Waals surface area contributed by atoms with Crippen LogP contribution in [0.1, 0.15) is 19.4 Å². The number of carbonyl (C=O) groups excluding carboxylic acids is 3. The molecular formula is C23H23N3O8S. The molecule has 1 unspecified atom stereocenters. The smallest absolute Gasteiger partial charge is 0.332 e. The Morgan fingerprint density at radius 3 is 2.40 bits per heavy atom. The highest BCUT2D eigenvalue weighted by atomic mass is 32.2. The molecule has 0 saturated carbocycles. The molecule has 0 radical (unpaired) electrons. The molecule has 11 nitrogen and oxygen atoms in total. The van der Waals surface area contributed by atoms with Gasteiger partial charge in [-0.05, 0) is 29.8 Å². The highest BCUT2D eigenvalue weighted by Gasteiger charge is 2.66. The summed E-state index contributed by atoms with van der Waals surface area (Å²) < 4.78 is 24.4. The van der Waals surface area contributed by atoms with Gasteiger partial charge in [-0.3, -0.25) is 23.9 Å². The number of ether oxygens (including phenoxy) is 2. The van der Waals surface area contributed by atoms with Gasteiger partial charge in [-0.1, -0.05) is 32.0 Å². The molecule has 35 heavy (non-hydrogen) atoms. The summed E-state index contributed by atoms with van der Waals surface area (Å²) in [6.07, 6.45) is -1.07.